The Morgan fingerprint density at radius 2 is 2.19 bits per heavy atom. The van der Waals surface area contributed by atoms with Crippen LogP contribution in [0.15, 0.2) is 24.4 Å². The molecule has 0 unspecified atom stereocenters. The molecule has 0 fully saturated rings. The van der Waals surface area contributed by atoms with Crippen LogP contribution in [0.1, 0.15) is 28.2 Å². The first-order valence-corrected chi connectivity index (χ1v) is 6.88. The Hall–Kier alpha value is -2.21. The molecule has 0 saturated heterocycles. The minimum absolute atomic E-state index is 0.126. The minimum atomic E-state index is -0.126. The van der Waals surface area contributed by atoms with Gasteiger partial charge in [0.05, 0.1) is 11.3 Å². The number of methoxy groups -OCH3 is 1. The van der Waals surface area contributed by atoms with Gasteiger partial charge in [-0.3, -0.25) is 4.79 Å². The maximum absolute atomic E-state index is 11.9. The summed E-state index contributed by atoms with van der Waals surface area (Å²) in [7, 11) is 1.64. The van der Waals surface area contributed by atoms with Gasteiger partial charge in [-0.25, -0.2) is 9.67 Å². The van der Waals surface area contributed by atoms with Crippen molar-refractivity contribution in [2.75, 3.05) is 20.3 Å². The van der Waals surface area contributed by atoms with Crippen molar-refractivity contribution < 1.29 is 9.53 Å². The zero-order chi connectivity index (χ0) is 15.2. The van der Waals surface area contributed by atoms with E-state index in [0.717, 1.165) is 17.8 Å². The molecule has 0 aliphatic carbocycles. The van der Waals surface area contributed by atoms with Crippen molar-refractivity contribution >= 4 is 5.91 Å². The van der Waals surface area contributed by atoms with Gasteiger partial charge in [0, 0.05) is 32.2 Å². The summed E-state index contributed by atoms with van der Waals surface area (Å²) >= 11 is 0. The molecule has 2 heterocycles. The number of aromatic nitrogens is 3. The number of pyridine rings is 1. The number of carbonyl (C=O) groups is 1. The molecular formula is C15H20N4O2. The third-order valence-corrected chi connectivity index (χ3v) is 3.05. The van der Waals surface area contributed by atoms with Crippen molar-refractivity contribution in [1.82, 2.24) is 20.1 Å². The van der Waals surface area contributed by atoms with Gasteiger partial charge in [-0.05, 0) is 38.5 Å². The molecule has 21 heavy (non-hydrogen) atoms. The van der Waals surface area contributed by atoms with Crippen molar-refractivity contribution in [3.05, 3.63) is 41.3 Å². The van der Waals surface area contributed by atoms with Crippen molar-refractivity contribution in [1.29, 1.82) is 0 Å². The Morgan fingerprint density at radius 1 is 1.38 bits per heavy atom. The number of amides is 1. The predicted octanol–water partition coefficient (Wildman–Crippen LogP) is 1.65. The number of nitrogens with one attached hydrogen (secondary N) is 1. The highest BCUT2D eigenvalue weighted by Crippen LogP contribution is 2.10. The molecule has 6 heteroatoms. The first kappa shape index (κ1) is 15.2. The van der Waals surface area contributed by atoms with Gasteiger partial charge in [0.1, 0.15) is 0 Å². The highest BCUT2D eigenvalue weighted by molar-refractivity contribution is 5.93. The molecule has 0 bridgehead atoms. The molecule has 2 aromatic rings. The number of nitrogens with zero attached hydrogens (tertiary/aromatic N) is 3. The fourth-order valence-corrected chi connectivity index (χ4v) is 2.03. The number of hydrogen-bond donors (Lipinski definition) is 1. The van der Waals surface area contributed by atoms with Gasteiger partial charge in [0.15, 0.2) is 5.82 Å². The van der Waals surface area contributed by atoms with Gasteiger partial charge >= 0.3 is 0 Å². The topological polar surface area (TPSA) is 69.0 Å². The highest BCUT2D eigenvalue weighted by atomic mass is 16.5. The molecule has 0 atom stereocenters. The average molecular weight is 288 g/mol. The first-order chi connectivity index (χ1) is 10.1. The normalized spacial score (nSPS) is 10.6. The fraction of sp³-hybridized carbons (Fsp3) is 0.400. The Balaban J connectivity index is 2.02. The SMILES string of the molecule is COCCCNC(=O)c1ccc(-n2nc(C)cc2C)nc1. The Labute approximate surface area is 124 Å². The van der Waals surface area contributed by atoms with Crippen LogP contribution < -0.4 is 5.32 Å². The summed E-state index contributed by atoms with van der Waals surface area (Å²) < 4.78 is 6.69. The third kappa shape index (κ3) is 3.88. The standard InChI is InChI=1S/C15H20N4O2/c1-11-9-12(2)19(18-11)14-6-5-13(10-17-14)15(20)16-7-4-8-21-3/h5-6,9-10H,4,7-8H2,1-3H3,(H,16,20). The van der Waals surface area contributed by atoms with Crippen molar-refractivity contribution in [2.24, 2.45) is 0 Å². The van der Waals surface area contributed by atoms with E-state index in [4.69, 9.17) is 4.74 Å². The first-order valence-electron chi connectivity index (χ1n) is 6.88. The molecule has 1 amide bonds. The van der Waals surface area contributed by atoms with Crippen LogP contribution >= 0.6 is 0 Å². The van der Waals surface area contributed by atoms with E-state index in [2.05, 4.69) is 15.4 Å². The molecule has 2 aromatic heterocycles. The number of hydrogen-bond acceptors (Lipinski definition) is 4. The average Bonchev–Trinajstić information content (AvgIpc) is 2.82. The lowest BCUT2D eigenvalue weighted by atomic mass is 10.2. The maximum Gasteiger partial charge on any atom is 0.252 e. The van der Waals surface area contributed by atoms with Crippen LogP contribution in [0.3, 0.4) is 0 Å². The summed E-state index contributed by atoms with van der Waals surface area (Å²) in [6.45, 7) is 5.13. The van der Waals surface area contributed by atoms with E-state index < -0.39 is 0 Å². The van der Waals surface area contributed by atoms with E-state index in [1.807, 2.05) is 19.9 Å². The Kier molecular flexibility index (Phi) is 5.05. The van der Waals surface area contributed by atoms with Crippen LogP contribution in [0.5, 0.6) is 0 Å². The van der Waals surface area contributed by atoms with Crippen molar-refractivity contribution in [3.63, 3.8) is 0 Å². The van der Waals surface area contributed by atoms with E-state index in [1.165, 1.54) is 0 Å². The Morgan fingerprint density at radius 3 is 2.76 bits per heavy atom. The van der Waals surface area contributed by atoms with Crippen LogP contribution in [0.4, 0.5) is 0 Å². The summed E-state index contributed by atoms with van der Waals surface area (Å²) in [6, 6.07) is 5.53. The molecule has 1 N–H and O–H groups in total. The van der Waals surface area contributed by atoms with Gasteiger partial charge in [0.25, 0.3) is 5.91 Å². The van der Waals surface area contributed by atoms with Crippen LogP contribution in [-0.4, -0.2) is 40.9 Å². The van der Waals surface area contributed by atoms with Crippen LogP contribution in [-0.2, 0) is 4.74 Å². The zero-order valence-electron chi connectivity index (χ0n) is 12.6. The van der Waals surface area contributed by atoms with E-state index in [1.54, 1.807) is 30.1 Å². The summed E-state index contributed by atoms with van der Waals surface area (Å²) in [4.78, 5) is 16.2. The molecule has 0 aliphatic heterocycles. The third-order valence-electron chi connectivity index (χ3n) is 3.05. The molecule has 2 rings (SSSR count). The predicted molar refractivity (Wildman–Crippen MR) is 79.7 cm³/mol. The second kappa shape index (κ2) is 6.99. The Bertz CT molecular complexity index is 605. The summed E-state index contributed by atoms with van der Waals surface area (Å²) in [6.07, 6.45) is 2.36. The molecule has 0 saturated carbocycles. The second-order valence-corrected chi connectivity index (χ2v) is 4.85. The van der Waals surface area contributed by atoms with Gasteiger partial charge < -0.3 is 10.1 Å². The van der Waals surface area contributed by atoms with E-state index in [-0.39, 0.29) is 5.91 Å². The van der Waals surface area contributed by atoms with Crippen LogP contribution in [0.25, 0.3) is 5.82 Å². The van der Waals surface area contributed by atoms with Crippen molar-refractivity contribution in [3.8, 4) is 5.82 Å². The quantitative estimate of drug-likeness (QED) is 0.821. The monoisotopic (exact) mass is 288 g/mol. The molecule has 0 aliphatic rings. The molecule has 112 valence electrons. The minimum Gasteiger partial charge on any atom is -0.385 e. The highest BCUT2D eigenvalue weighted by Gasteiger charge is 2.08. The maximum atomic E-state index is 11.9. The van der Waals surface area contributed by atoms with Gasteiger partial charge in [-0.2, -0.15) is 5.10 Å². The summed E-state index contributed by atoms with van der Waals surface area (Å²) in [5, 5.41) is 7.19. The number of rotatable bonds is 6. The van der Waals surface area contributed by atoms with Gasteiger partial charge in [-0.1, -0.05) is 0 Å². The fourth-order valence-electron chi connectivity index (χ4n) is 2.03. The lowest BCUT2D eigenvalue weighted by molar-refractivity contribution is 0.0948. The largest absolute Gasteiger partial charge is 0.385 e. The second-order valence-electron chi connectivity index (χ2n) is 4.85. The molecule has 6 nitrogen and oxygen atoms in total. The number of carbonyl (C=O) groups excluding carboxylic acids is 1. The summed E-state index contributed by atoms with van der Waals surface area (Å²) in [5.41, 5.74) is 2.49. The van der Waals surface area contributed by atoms with Gasteiger partial charge in [-0.15, -0.1) is 0 Å². The number of ether oxygens (including phenoxy) is 1. The number of aryl methyl sites for hydroxylation is 2. The van der Waals surface area contributed by atoms with Gasteiger partial charge in [0.2, 0.25) is 0 Å². The molecular weight excluding hydrogens is 268 g/mol. The van der Waals surface area contributed by atoms with E-state index in [0.29, 0.717) is 24.5 Å². The van der Waals surface area contributed by atoms with E-state index >= 15 is 0 Å². The molecule has 0 aromatic carbocycles. The van der Waals surface area contributed by atoms with Crippen LogP contribution in [0, 0.1) is 13.8 Å². The molecule has 0 radical (unpaired) electrons. The zero-order valence-corrected chi connectivity index (χ0v) is 12.6. The smallest absolute Gasteiger partial charge is 0.252 e. The summed E-state index contributed by atoms with van der Waals surface area (Å²) in [5.74, 6) is 0.579. The van der Waals surface area contributed by atoms with Crippen LogP contribution in [0.2, 0.25) is 0 Å². The van der Waals surface area contributed by atoms with E-state index in [9.17, 15) is 4.79 Å². The van der Waals surface area contributed by atoms with Crippen molar-refractivity contribution in [2.45, 2.75) is 20.3 Å². The molecule has 0 spiro atoms. The lowest BCUT2D eigenvalue weighted by Gasteiger charge is -2.06. The lowest BCUT2D eigenvalue weighted by Crippen LogP contribution is -2.25.